The minimum atomic E-state index is -0.0293. The first-order chi connectivity index (χ1) is 7.07. The van der Waals surface area contributed by atoms with Crippen molar-refractivity contribution in [3.8, 4) is 0 Å². The number of carbonyl (C=O) groups is 1. The second kappa shape index (κ2) is 8.53. The van der Waals surface area contributed by atoms with E-state index in [0.29, 0.717) is 6.54 Å². The van der Waals surface area contributed by atoms with E-state index in [2.05, 4.69) is 24.5 Å². The molecular weight excluding hydrogens is 190 g/mol. The summed E-state index contributed by atoms with van der Waals surface area (Å²) in [5.41, 5.74) is 0. The fourth-order valence-corrected chi connectivity index (χ4v) is 1.36. The van der Waals surface area contributed by atoms with E-state index >= 15 is 0 Å². The summed E-state index contributed by atoms with van der Waals surface area (Å²) in [5, 5.41) is 6.14. The molecule has 0 saturated carbocycles. The van der Waals surface area contributed by atoms with Gasteiger partial charge in [-0.3, -0.25) is 0 Å². The zero-order chi connectivity index (χ0) is 11.7. The lowest BCUT2D eigenvalue weighted by Gasteiger charge is -2.14. The smallest absolute Gasteiger partial charge is 0.316 e. The maximum Gasteiger partial charge on any atom is 0.316 e. The Kier molecular flexibility index (Phi) is 8.09. The Bertz CT molecular complexity index is 171. The number of nitrogens with one attached hydrogen (secondary N) is 2. The lowest BCUT2D eigenvalue weighted by atomic mass is 10.1. The molecule has 0 rings (SSSR count). The number of hydrogen-bond acceptors (Lipinski definition) is 2. The van der Waals surface area contributed by atoms with Crippen molar-refractivity contribution in [3.63, 3.8) is 0 Å². The van der Waals surface area contributed by atoms with Crippen LogP contribution < -0.4 is 10.6 Å². The van der Waals surface area contributed by atoms with Crippen LogP contribution in [0.1, 0.15) is 26.7 Å². The normalized spacial score (nSPS) is 12.3. The first-order valence-electron chi connectivity index (χ1n) is 5.73. The Morgan fingerprint density at radius 1 is 1.33 bits per heavy atom. The molecule has 1 atom stereocenters. The van der Waals surface area contributed by atoms with Gasteiger partial charge in [0.05, 0.1) is 0 Å². The molecule has 2 N–H and O–H groups in total. The third kappa shape index (κ3) is 8.24. The molecule has 0 bridgehead atoms. The van der Waals surface area contributed by atoms with Crippen LogP contribution in [0.2, 0.25) is 0 Å². The van der Waals surface area contributed by atoms with E-state index in [0.717, 1.165) is 19.0 Å². The van der Waals surface area contributed by atoms with Crippen LogP contribution in [0.25, 0.3) is 0 Å². The molecule has 0 saturated heterocycles. The lowest BCUT2D eigenvalue weighted by molar-refractivity contribution is 0.217. The van der Waals surface area contributed by atoms with Gasteiger partial charge in [-0.2, -0.15) is 0 Å². The molecule has 0 radical (unpaired) electrons. The summed E-state index contributed by atoms with van der Waals surface area (Å²) in [6.45, 7) is 7.01. The monoisotopic (exact) mass is 215 g/mol. The molecule has 0 aliphatic rings. The van der Waals surface area contributed by atoms with Crippen molar-refractivity contribution < 1.29 is 4.79 Å². The van der Waals surface area contributed by atoms with Gasteiger partial charge in [0.2, 0.25) is 0 Å². The standard InChI is InChI=1S/C11H25N3O/c1-5-6-10(2)9-12-7-8-13-11(15)14(3)4/h10,12H,5-9H2,1-4H3,(H,13,15). The van der Waals surface area contributed by atoms with Gasteiger partial charge in [0.25, 0.3) is 0 Å². The van der Waals surface area contributed by atoms with Crippen LogP contribution in [0, 0.1) is 5.92 Å². The molecule has 0 aromatic carbocycles. The molecule has 4 heteroatoms. The average molecular weight is 215 g/mol. The maximum absolute atomic E-state index is 11.1. The second-order valence-electron chi connectivity index (χ2n) is 4.22. The molecule has 2 amide bonds. The van der Waals surface area contributed by atoms with E-state index in [1.54, 1.807) is 19.0 Å². The summed E-state index contributed by atoms with van der Waals surface area (Å²) in [5.74, 6) is 0.722. The van der Waals surface area contributed by atoms with Crippen molar-refractivity contribution in [3.05, 3.63) is 0 Å². The summed E-state index contributed by atoms with van der Waals surface area (Å²) in [6, 6.07) is -0.0293. The molecule has 90 valence electrons. The molecule has 0 aliphatic carbocycles. The minimum Gasteiger partial charge on any atom is -0.337 e. The number of amides is 2. The fourth-order valence-electron chi connectivity index (χ4n) is 1.36. The van der Waals surface area contributed by atoms with Gasteiger partial charge in [0, 0.05) is 27.2 Å². The van der Waals surface area contributed by atoms with Gasteiger partial charge in [0.15, 0.2) is 0 Å². The second-order valence-corrected chi connectivity index (χ2v) is 4.22. The highest BCUT2D eigenvalue weighted by molar-refractivity contribution is 5.73. The molecule has 0 spiro atoms. The SMILES string of the molecule is CCCC(C)CNCCNC(=O)N(C)C. The summed E-state index contributed by atoms with van der Waals surface area (Å²) in [6.07, 6.45) is 2.50. The highest BCUT2D eigenvalue weighted by atomic mass is 16.2. The first kappa shape index (κ1) is 14.2. The van der Waals surface area contributed by atoms with Gasteiger partial charge >= 0.3 is 6.03 Å². The molecular formula is C11H25N3O. The molecule has 4 nitrogen and oxygen atoms in total. The highest BCUT2D eigenvalue weighted by Gasteiger charge is 2.01. The van der Waals surface area contributed by atoms with E-state index in [9.17, 15) is 4.79 Å². The topological polar surface area (TPSA) is 44.4 Å². The predicted octanol–water partition coefficient (Wildman–Crippen LogP) is 1.28. The van der Waals surface area contributed by atoms with Crippen LogP contribution >= 0.6 is 0 Å². The van der Waals surface area contributed by atoms with Crippen LogP contribution in [-0.4, -0.2) is 44.7 Å². The van der Waals surface area contributed by atoms with Gasteiger partial charge in [-0.25, -0.2) is 4.79 Å². The molecule has 0 fully saturated rings. The number of rotatable bonds is 7. The maximum atomic E-state index is 11.1. The van der Waals surface area contributed by atoms with Gasteiger partial charge < -0.3 is 15.5 Å². The Balaban J connectivity index is 3.28. The van der Waals surface area contributed by atoms with E-state index < -0.39 is 0 Å². The minimum absolute atomic E-state index is 0.0293. The van der Waals surface area contributed by atoms with Crippen LogP contribution in [-0.2, 0) is 0 Å². The van der Waals surface area contributed by atoms with Crippen molar-refractivity contribution in [1.82, 2.24) is 15.5 Å². The largest absolute Gasteiger partial charge is 0.337 e. The molecule has 0 aromatic rings. The van der Waals surface area contributed by atoms with Gasteiger partial charge in [-0.1, -0.05) is 20.3 Å². The number of carbonyl (C=O) groups excluding carboxylic acids is 1. The van der Waals surface area contributed by atoms with Crippen molar-refractivity contribution in [2.24, 2.45) is 5.92 Å². The molecule has 0 aliphatic heterocycles. The summed E-state index contributed by atoms with van der Waals surface area (Å²) in [7, 11) is 3.48. The first-order valence-corrected chi connectivity index (χ1v) is 5.73. The Labute approximate surface area is 93.4 Å². The quantitative estimate of drug-likeness (QED) is 0.628. The molecule has 1 unspecified atom stereocenters. The molecule has 0 heterocycles. The van der Waals surface area contributed by atoms with E-state index in [-0.39, 0.29) is 6.03 Å². The zero-order valence-electron chi connectivity index (χ0n) is 10.5. The van der Waals surface area contributed by atoms with E-state index in [1.165, 1.54) is 12.8 Å². The summed E-state index contributed by atoms with van der Waals surface area (Å²) < 4.78 is 0. The Morgan fingerprint density at radius 2 is 2.00 bits per heavy atom. The van der Waals surface area contributed by atoms with E-state index in [1.807, 2.05) is 0 Å². The van der Waals surface area contributed by atoms with Crippen LogP contribution in [0.15, 0.2) is 0 Å². The van der Waals surface area contributed by atoms with Gasteiger partial charge in [-0.15, -0.1) is 0 Å². The van der Waals surface area contributed by atoms with Gasteiger partial charge in [-0.05, 0) is 18.9 Å². The summed E-state index contributed by atoms with van der Waals surface area (Å²) in [4.78, 5) is 12.7. The fraction of sp³-hybridized carbons (Fsp3) is 0.909. The summed E-state index contributed by atoms with van der Waals surface area (Å²) >= 11 is 0. The number of nitrogens with zero attached hydrogens (tertiary/aromatic N) is 1. The van der Waals surface area contributed by atoms with E-state index in [4.69, 9.17) is 0 Å². The predicted molar refractivity (Wildman–Crippen MR) is 64.0 cm³/mol. The Morgan fingerprint density at radius 3 is 2.53 bits per heavy atom. The van der Waals surface area contributed by atoms with Crippen molar-refractivity contribution >= 4 is 6.03 Å². The third-order valence-electron chi connectivity index (χ3n) is 2.26. The molecule has 15 heavy (non-hydrogen) atoms. The van der Waals surface area contributed by atoms with Crippen molar-refractivity contribution in [1.29, 1.82) is 0 Å². The van der Waals surface area contributed by atoms with Crippen LogP contribution in [0.5, 0.6) is 0 Å². The number of urea groups is 1. The number of hydrogen-bond donors (Lipinski definition) is 2. The van der Waals surface area contributed by atoms with Crippen LogP contribution in [0.4, 0.5) is 4.79 Å². The van der Waals surface area contributed by atoms with Crippen LogP contribution in [0.3, 0.4) is 0 Å². The Hall–Kier alpha value is -0.770. The average Bonchev–Trinajstić information content (AvgIpc) is 2.17. The van der Waals surface area contributed by atoms with Gasteiger partial charge in [0.1, 0.15) is 0 Å². The van der Waals surface area contributed by atoms with Crippen molar-refractivity contribution in [2.45, 2.75) is 26.7 Å². The third-order valence-corrected chi connectivity index (χ3v) is 2.26. The van der Waals surface area contributed by atoms with Crippen molar-refractivity contribution in [2.75, 3.05) is 33.7 Å². The molecule has 0 aromatic heterocycles. The highest BCUT2D eigenvalue weighted by Crippen LogP contribution is 2.01. The lowest BCUT2D eigenvalue weighted by Crippen LogP contribution is -2.39. The zero-order valence-corrected chi connectivity index (χ0v) is 10.5.